The molecule has 0 aliphatic heterocycles. The summed E-state index contributed by atoms with van der Waals surface area (Å²) in [7, 11) is 1.56. The van der Waals surface area contributed by atoms with Crippen molar-refractivity contribution in [1.82, 2.24) is 5.01 Å². The minimum Gasteiger partial charge on any atom is -0.448 e. The number of rotatable bonds is 3. The second kappa shape index (κ2) is 5.70. The lowest BCUT2D eigenvalue weighted by Gasteiger charge is -2.08. The zero-order chi connectivity index (χ0) is 8.69. The average molecular weight is 158 g/mol. The van der Waals surface area contributed by atoms with E-state index < -0.39 is 6.09 Å². The Bertz CT molecular complexity index is 145. The molecule has 1 amide bonds. The van der Waals surface area contributed by atoms with E-state index in [4.69, 9.17) is 0 Å². The third-order valence-corrected chi connectivity index (χ3v) is 0.969. The second-order valence-corrected chi connectivity index (χ2v) is 1.93. The summed E-state index contributed by atoms with van der Waals surface area (Å²) in [5.41, 5.74) is 0. The average Bonchev–Trinajstić information content (AvgIpc) is 2.00. The third-order valence-electron chi connectivity index (χ3n) is 0.969. The molecule has 0 aliphatic rings. The van der Waals surface area contributed by atoms with Crippen LogP contribution in [0, 0.1) is 0 Å². The molecule has 0 rings (SSSR count). The number of carbonyl (C=O) groups is 1. The quantitative estimate of drug-likeness (QED) is 0.461. The molecule has 0 aromatic rings. The monoisotopic (exact) mass is 158 g/mol. The Morgan fingerprint density at radius 2 is 2.27 bits per heavy atom. The first kappa shape index (κ1) is 9.94. The molecule has 0 saturated carbocycles. The van der Waals surface area contributed by atoms with Gasteiger partial charge < -0.3 is 4.74 Å². The lowest BCUT2D eigenvalue weighted by atomic mass is 10.6. The van der Waals surface area contributed by atoms with Gasteiger partial charge in [-0.05, 0) is 13.3 Å². The second-order valence-electron chi connectivity index (χ2n) is 1.93. The molecule has 0 aliphatic carbocycles. The summed E-state index contributed by atoms with van der Waals surface area (Å²) in [5, 5.41) is 4.97. The molecule has 0 unspecified atom stereocenters. The Morgan fingerprint density at radius 1 is 1.64 bits per heavy atom. The lowest BCUT2D eigenvalue weighted by Crippen LogP contribution is -2.22. The van der Waals surface area contributed by atoms with Gasteiger partial charge >= 0.3 is 6.09 Å². The maximum Gasteiger partial charge on any atom is 0.430 e. The first-order valence-electron chi connectivity index (χ1n) is 3.65. The highest BCUT2D eigenvalue weighted by Crippen LogP contribution is 1.89. The first-order valence-corrected chi connectivity index (χ1v) is 3.65. The van der Waals surface area contributed by atoms with Crippen LogP contribution in [0.3, 0.4) is 0 Å². The molecule has 0 N–H and O–H groups in total. The molecular weight excluding hydrogens is 144 g/mol. The minimum atomic E-state index is -0.419. The van der Waals surface area contributed by atoms with Crippen LogP contribution in [0.25, 0.3) is 0 Å². The van der Waals surface area contributed by atoms with Crippen LogP contribution in [-0.4, -0.2) is 31.0 Å². The largest absolute Gasteiger partial charge is 0.448 e. The van der Waals surface area contributed by atoms with Crippen molar-refractivity contribution in [3.8, 4) is 0 Å². The van der Waals surface area contributed by atoms with E-state index in [1.165, 1.54) is 5.01 Å². The van der Waals surface area contributed by atoms with Crippen LogP contribution in [0.4, 0.5) is 4.79 Å². The Labute approximate surface area is 66.8 Å². The molecule has 0 spiro atoms. The van der Waals surface area contributed by atoms with Gasteiger partial charge in [0.05, 0.1) is 6.61 Å². The molecule has 0 radical (unpaired) electrons. The van der Waals surface area contributed by atoms with Crippen LogP contribution >= 0.6 is 0 Å². The fraction of sp³-hybridized carbons (Fsp3) is 0.714. The predicted octanol–water partition coefficient (Wildman–Crippen LogP) is 1.47. The normalized spacial score (nSPS) is 10.1. The molecule has 0 heterocycles. The Kier molecular flexibility index (Phi) is 5.15. The highest BCUT2D eigenvalue weighted by atomic mass is 16.6. The van der Waals surface area contributed by atoms with E-state index in [2.05, 4.69) is 9.84 Å². The molecule has 64 valence electrons. The Morgan fingerprint density at radius 3 is 2.73 bits per heavy atom. The maximum atomic E-state index is 10.8. The van der Waals surface area contributed by atoms with Gasteiger partial charge in [-0.3, -0.25) is 0 Å². The molecule has 0 bridgehead atoms. The van der Waals surface area contributed by atoms with Gasteiger partial charge in [-0.25, -0.2) is 9.80 Å². The van der Waals surface area contributed by atoms with Crippen molar-refractivity contribution in [2.45, 2.75) is 20.3 Å². The summed E-state index contributed by atoms with van der Waals surface area (Å²) >= 11 is 0. The molecule has 4 heteroatoms. The van der Waals surface area contributed by atoms with Crippen LogP contribution in [-0.2, 0) is 4.74 Å². The van der Waals surface area contributed by atoms with Gasteiger partial charge in [-0.15, -0.1) is 0 Å². The highest BCUT2D eigenvalue weighted by Gasteiger charge is 2.04. The molecule has 0 fully saturated rings. The summed E-state index contributed by atoms with van der Waals surface area (Å²) in [5.74, 6) is 0. The first-order chi connectivity index (χ1) is 5.22. The molecular formula is C7H14N2O2. The summed E-state index contributed by atoms with van der Waals surface area (Å²) in [4.78, 5) is 10.8. The van der Waals surface area contributed by atoms with E-state index in [0.29, 0.717) is 6.61 Å². The fourth-order valence-electron chi connectivity index (χ4n) is 0.468. The van der Waals surface area contributed by atoms with Crippen molar-refractivity contribution in [1.29, 1.82) is 0 Å². The Balaban J connectivity index is 3.72. The number of hydrazone groups is 1. The molecule has 0 saturated heterocycles. The highest BCUT2D eigenvalue weighted by molar-refractivity contribution is 5.68. The third kappa shape index (κ3) is 4.36. The van der Waals surface area contributed by atoms with E-state index >= 15 is 0 Å². The van der Waals surface area contributed by atoms with Crippen molar-refractivity contribution in [3.05, 3.63) is 0 Å². The van der Waals surface area contributed by atoms with Gasteiger partial charge in [0.25, 0.3) is 0 Å². The predicted molar refractivity (Wildman–Crippen MR) is 43.6 cm³/mol. The maximum absolute atomic E-state index is 10.8. The zero-order valence-corrected chi connectivity index (χ0v) is 7.20. The van der Waals surface area contributed by atoms with Crippen molar-refractivity contribution < 1.29 is 9.53 Å². The van der Waals surface area contributed by atoms with Gasteiger partial charge in [0.15, 0.2) is 0 Å². The topological polar surface area (TPSA) is 41.9 Å². The molecule has 0 aromatic carbocycles. The number of amides is 1. The number of carbonyl (C=O) groups excluding carboxylic acids is 1. The van der Waals surface area contributed by atoms with Crippen molar-refractivity contribution >= 4 is 12.3 Å². The van der Waals surface area contributed by atoms with Crippen molar-refractivity contribution in [2.24, 2.45) is 5.10 Å². The molecule has 4 nitrogen and oxygen atoms in total. The van der Waals surface area contributed by atoms with E-state index in [9.17, 15) is 4.79 Å². The van der Waals surface area contributed by atoms with Gasteiger partial charge in [0.2, 0.25) is 0 Å². The minimum absolute atomic E-state index is 0.380. The van der Waals surface area contributed by atoms with Crippen LogP contribution in [0.1, 0.15) is 20.3 Å². The van der Waals surface area contributed by atoms with Crippen LogP contribution in [0.5, 0.6) is 0 Å². The lowest BCUT2D eigenvalue weighted by molar-refractivity contribution is 0.117. The van der Waals surface area contributed by atoms with Gasteiger partial charge in [0.1, 0.15) is 0 Å². The summed E-state index contributed by atoms with van der Waals surface area (Å²) in [6.45, 7) is 4.09. The van der Waals surface area contributed by atoms with Gasteiger partial charge in [0, 0.05) is 13.3 Å². The summed E-state index contributed by atoms with van der Waals surface area (Å²) < 4.78 is 4.67. The molecule has 0 atom stereocenters. The van der Waals surface area contributed by atoms with E-state index in [1.807, 2.05) is 6.92 Å². The van der Waals surface area contributed by atoms with Crippen molar-refractivity contribution in [2.75, 3.05) is 13.7 Å². The van der Waals surface area contributed by atoms with E-state index in [0.717, 1.165) is 6.42 Å². The number of ether oxygens (including phenoxy) is 1. The van der Waals surface area contributed by atoms with E-state index in [1.54, 1.807) is 20.2 Å². The summed E-state index contributed by atoms with van der Waals surface area (Å²) in [6.07, 6.45) is 2.04. The van der Waals surface area contributed by atoms with Crippen LogP contribution in [0.2, 0.25) is 0 Å². The van der Waals surface area contributed by atoms with Crippen molar-refractivity contribution in [3.63, 3.8) is 0 Å². The number of hydrogen-bond acceptors (Lipinski definition) is 3. The number of nitrogens with zero attached hydrogens (tertiary/aromatic N) is 2. The van der Waals surface area contributed by atoms with E-state index in [-0.39, 0.29) is 0 Å². The number of hydrogen-bond donors (Lipinski definition) is 0. The molecule has 11 heavy (non-hydrogen) atoms. The van der Waals surface area contributed by atoms with Gasteiger partial charge in [-0.2, -0.15) is 5.10 Å². The SMILES string of the molecule is CC/C=N/N(C)C(=O)OCC. The summed E-state index contributed by atoms with van der Waals surface area (Å²) in [6, 6.07) is 0. The standard InChI is InChI=1S/C7H14N2O2/c1-4-6-8-9(3)7(10)11-5-2/h6H,4-5H2,1-3H3/b8-6+. The van der Waals surface area contributed by atoms with Gasteiger partial charge in [-0.1, -0.05) is 6.92 Å². The van der Waals surface area contributed by atoms with Crippen LogP contribution < -0.4 is 0 Å². The van der Waals surface area contributed by atoms with Crippen LogP contribution in [0.15, 0.2) is 5.10 Å². The zero-order valence-electron chi connectivity index (χ0n) is 7.20. The smallest absolute Gasteiger partial charge is 0.430 e. The molecule has 0 aromatic heterocycles. The Hall–Kier alpha value is -1.06. The fourth-order valence-corrected chi connectivity index (χ4v) is 0.468.